The van der Waals surface area contributed by atoms with E-state index in [4.69, 9.17) is 4.74 Å². The van der Waals surface area contributed by atoms with Crippen LogP contribution < -0.4 is 9.64 Å². The summed E-state index contributed by atoms with van der Waals surface area (Å²) >= 11 is 1.40. The highest BCUT2D eigenvalue weighted by atomic mass is 32.1. The number of carbonyl (C=O) groups is 1. The van der Waals surface area contributed by atoms with Gasteiger partial charge in [-0.3, -0.25) is 19.8 Å². The van der Waals surface area contributed by atoms with E-state index in [0.29, 0.717) is 24.0 Å². The van der Waals surface area contributed by atoms with Crippen LogP contribution in [0.25, 0.3) is 10.2 Å². The van der Waals surface area contributed by atoms with Crippen molar-refractivity contribution in [1.82, 2.24) is 9.88 Å². The lowest BCUT2D eigenvalue weighted by atomic mass is 10.2. The molecule has 28 heavy (non-hydrogen) atoms. The van der Waals surface area contributed by atoms with Crippen LogP contribution in [0.1, 0.15) is 10.4 Å². The molecule has 9 heteroatoms. The molecule has 0 fully saturated rings. The number of hydrogen-bond acceptors (Lipinski definition) is 7. The van der Waals surface area contributed by atoms with Crippen molar-refractivity contribution in [3.05, 3.63) is 58.1 Å². The predicted molar refractivity (Wildman–Crippen MR) is 109 cm³/mol. The number of benzene rings is 2. The number of nitro groups is 1. The summed E-state index contributed by atoms with van der Waals surface area (Å²) in [6.45, 7) is 1.03. The van der Waals surface area contributed by atoms with Crippen LogP contribution >= 0.6 is 11.3 Å². The molecule has 1 aromatic heterocycles. The first-order valence-electron chi connectivity index (χ1n) is 8.54. The van der Waals surface area contributed by atoms with Gasteiger partial charge in [-0.05, 0) is 32.3 Å². The van der Waals surface area contributed by atoms with Crippen LogP contribution in [-0.4, -0.2) is 55.0 Å². The predicted octanol–water partition coefficient (Wildman–Crippen LogP) is 3.42. The van der Waals surface area contributed by atoms with E-state index in [2.05, 4.69) is 4.98 Å². The monoisotopic (exact) mass is 400 g/mol. The molecule has 0 aliphatic carbocycles. The van der Waals surface area contributed by atoms with E-state index in [1.54, 1.807) is 18.1 Å². The minimum absolute atomic E-state index is 0.118. The summed E-state index contributed by atoms with van der Waals surface area (Å²) < 4.78 is 6.17. The summed E-state index contributed by atoms with van der Waals surface area (Å²) in [6, 6.07) is 11.3. The van der Waals surface area contributed by atoms with Gasteiger partial charge in [-0.15, -0.1) is 0 Å². The van der Waals surface area contributed by atoms with Crippen LogP contribution in [0.2, 0.25) is 0 Å². The van der Waals surface area contributed by atoms with E-state index in [1.165, 1.54) is 29.5 Å². The van der Waals surface area contributed by atoms with Crippen LogP contribution in [-0.2, 0) is 0 Å². The maximum atomic E-state index is 13.2. The van der Waals surface area contributed by atoms with Crippen molar-refractivity contribution >= 4 is 38.3 Å². The lowest BCUT2D eigenvalue weighted by molar-refractivity contribution is -0.384. The van der Waals surface area contributed by atoms with Gasteiger partial charge in [0.05, 0.1) is 22.2 Å². The fourth-order valence-electron chi connectivity index (χ4n) is 2.63. The Kier molecular flexibility index (Phi) is 5.86. The SMILES string of the molecule is COc1ccc2sc(N(CCN(C)C)C(=O)c3cccc([N+](=O)[O-])c3)nc2c1. The first-order valence-corrected chi connectivity index (χ1v) is 9.36. The molecule has 0 bridgehead atoms. The van der Waals surface area contributed by atoms with E-state index in [-0.39, 0.29) is 17.2 Å². The molecule has 0 saturated heterocycles. The molecule has 8 nitrogen and oxygen atoms in total. The number of anilines is 1. The molecule has 3 aromatic rings. The number of likely N-dealkylation sites (N-methyl/N-ethyl adjacent to an activating group) is 1. The van der Waals surface area contributed by atoms with E-state index >= 15 is 0 Å². The summed E-state index contributed by atoms with van der Waals surface area (Å²) in [5, 5.41) is 11.6. The number of nitrogens with zero attached hydrogens (tertiary/aromatic N) is 4. The minimum atomic E-state index is -0.509. The zero-order valence-electron chi connectivity index (χ0n) is 15.8. The number of hydrogen-bond donors (Lipinski definition) is 0. The van der Waals surface area contributed by atoms with Gasteiger partial charge in [0.2, 0.25) is 0 Å². The molecule has 0 unspecified atom stereocenters. The maximum absolute atomic E-state index is 13.2. The fourth-order valence-corrected chi connectivity index (χ4v) is 3.60. The molecule has 0 aliphatic rings. The van der Waals surface area contributed by atoms with E-state index in [0.717, 1.165) is 10.2 Å². The largest absolute Gasteiger partial charge is 0.497 e. The van der Waals surface area contributed by atoms with Crippen molar-refractivity contribution in [2.75, 3.05) is 39.2 Å². The first-order chi connectivity index (χ1) is 13.4. The highest BCUT2D eigenvalue weighted by Gasteiger charge is 2.23. The molecular formula is C19H20N4O4S. The molecule has 0 saturated carbocycles. The summed E-state index contributed by atoms with van der Waals surface area (Å²) in [6.07, 6.45) is 0. The van der Waals surface area contributed by atoms with Gasteiger partial charge in [-0.25, -0.2) is 4.98 Å². The Balaban J connectivity index is 2.00. The molecule has 0 aliphatic heterocycles. The van der Waals surface area contributed by atoms with Crippen LogP contribution in [0, 0.1) is 10.1 Å². The van der Waals surface area contributed by atoms with Gasteiger partial charge in [-0.2, -0.15) is 0 Å². The van der Waals surface area contributed by atoms with Crippen molar-refractivity contribution < 1.29 is 14.5 Å². The molecule has 3 rings (SSSR count). The second kappa shape index (κ2) is 8.32. The van der Waals surface area contributed by atoms with E-state index in [1.807, 2.05) is 37.2 Å². The van der Waals surface area contributed by atoms with E-state index < -0.39 is 4.92 Å². The topological polar surface area (TPSA) is 88.8 Å². The Morgan fingerprint density at radius 3 is 2.68 bits per heavy atom. The summed E-state index contributed by atoms with van der Waals surface area (Å²) in [5.41, 5.74) is 0.873. The number of nitro benzene ring substituents is 1. The highest BCUT2D eigenvalue weighted by molar-refractivity contribution is 7.22. The third-order valence-corrected chi connectivity index (χ3v) is 5.19. The molecule has 2 aromatic carbocycles. The van der Waals surface area contributed by atoms with Crippen molar-refractivity contribution in [3.63, 3.8) is 0 Å². The smallest absolute Gasteiger partial charge is 0.270 e. The van der Waals surface area contributed by atoms with Gasteiger partial charge in [-0.1, -0.05) is 17.4 Å². The molecule has 0 atom stereocenters. The van der Waals surface area contributed by atoms with Crippen LogP contribution in [0.3, 0.4) is 0 Å². The molecule has 0 spiro atoms. The van der Waals surface area contributed by atoms with Gasteiger partial charge < -0.3 is 9.64 Å². The summed E-state index contributed by atoms with van der Waals surface area (Å²) in [5.74, 6) is 0.366. The van der Waals surface area contributed by atoms with Gasteiger partial charge in [0.15, 0.2) is 5.13 Å². The second-order valence-electron chi connectivity index (χ2n) is 6.40. The Labute approximate surface area is 166 Å². The number of non-ortho nitro benzene ring substituents is 1. The van der Waals surface area contributed by atoms with Crippen molar-refractivity contribution in [3.8, 4) is 5.75 Å². The number of rotatable bonds is 7. The van der Waals surface area contributed by atoms with Crippen molar-refractivity contribution in [2.45, 2.75) is 0 Å². The standard InChI is InChI=1S/C19H20N4O4S/c1-21(2)9-10-22(18(24)13-5-4-6-14(11-13)23(25)26)19-20-16-12-15(27-3)7-8-17(16)28-19/h4-8,11-12H,9-10H2,1-3H3. The second-order valence-corrected chi connectivity index (χ2v) is 7.41. The zero-order valence-corrected chi connectivity index (χ0v) is 16.6. The number of methoxy groups -OCH3 is 1. The third kappa shape index (κ3) is 4.26. The molecule has 0 N–H and O–H groups in total. The number of aromatic nitrogens is 1. The molecule has 1 heterocycles. The number of ether oxygens (including phenoxy) is 1. The van der Waals surface area contributed by atoms with Crippen LogP contribution in [0.15, 0.2) is 42.5 Å². The van der Waals surface area contributed by atoms with Gasteiger partial charge in [0, 0.05) is 36.9 Å². The van der Waals surface area contributed by atoms with E-state index in [9.17, 15) is 14.9 Å². The number of carbonyl (C=O) groups excluding carboxylic acids is 1. The van der Waals surface area contributed by atoms with Crippen LogP contribution in [0.5, 0.6) is 5.75 Å². The molecular weight excluding hydrogens is 380 g/mol. The zero-order chi connectivity index (χ0) is 20.3. The number of thiazole rings is 1. The maximum Gasteiger partial charge on any atom is 0.270 e. The van der Waals surface area contributed by atoms with Gasteiger partial charge in [0.1, 0.15) is 5.75 Å². The Hall–Kier alpha value is -3.04. The van der Waals surface area contributed by atoms with Crippen molar-refractivity contribution in [1.29, 1.82) is 0 Å². The van der Waals surface area contributed by atoms with Gasteiger partial charge >= 0.3 is 0 Å². The summed E-state index contributed by atoms with van der Waals surface area (Å²) in [7, 11) is 5.42. The lowest BCUT2D eigenvalue weighted by Gasteiger charge is -2.22. The lowest BCUT2D eigenvalue weighted by Crippen LogP contribution is -2.36. The fraction of sp³-hybridized carbons (Fsp3) is 0.263. The molecule has 1 amide bonds. The Morgan fingerprint density at radius 1 is 1.21 bits per heavy atom. The Morgan fingerprint density at radius 2 is 2.00 bits per heavy atom. The molecule has 0 radical (unpaired) electrons. The average molecular weight is 400 g/mol. The normalized spacial score (nSPS) is 11.0. The molecule has 146 valence electrons. The quantitative estimate of drug-likeness (QED) is 0.446. The van der Waals surface area contributed by atoms with Gasteiger partial charge in [0.25, 0.3) is 11.6 Å². The minimum Gasteiger partial charge on any atom is -0.497 e. The average Bonchev–Trinajstić information content (AvgIpc) is 3.10. The first kappa shape index (κ1) is 19.7. The Bertz CT molecular complexity index is 1020. The van der Waals surface area contributed by atoms with Crippen molar-refractivity contribution in [2.24, 2.45) is 0 Å². The number of fused-ring (bicyclic) bond motifs is 1. The van der Waals surface area contributed by atoms with Crippen LogP contribution in [0.4, 0.5) is 10.8 Å². The highest BCUT2D eigenvalue weighted by Crippen LogP contribution is 2.32. The third-order valence-electron chi connectivity index (χ3n) is 4.13. The number of amides is 1. The summed E-state index contributed by atoms with van der Waals surface area (Å²) in [4.78, 5) is 31.8.